The molecule has 2 aliphatic rings. The zero-order chi connectivity index (χ0) is 8.77. The van der Waals surface area contributed by atoms with Crippen molar-refractivity contribution in [2.75, 3.05) is 0 Å². The lowest BCUT2D eigenvalue weighted by Crippen LogP contribution is -2.38. The minimum atomic E-state index is -0.0820. The van der Waals surface area contributed by atoms with E-state index in [4.69, 9.17) is 0 Å². The third-order valence-corrected chi connectivity index (χ3v) is 3.41. The van der Waals surface area contributed by atoms with Crippen LogP contribution in [0.5, 0.6) is 0 Å². The van der Waals surface area contributed by atoms with Gasteiger partial charge < -0.3 is 10.4 Å². The van der Waals surface area contributed by atoms with Crippen LogP contribution in [-0.2, 0) is 0 Å². The Balaban J connectivity index is 1.80. The van der Waals surface area contributed by atoms with Crippen molar-refractivity contribution < 1.29 is 5.11 Å². The van der Waals surface area contributed by atoms with E-state index in [1.807, 2.05) is 0 Å². The highest BCUT2D eigenvalue weighted by molar-refractivity contribution is 5.04. The molecule has 2 saturated carbocycles. The van der Waals surface area contributed by atoms with Gasteiger partial charge in [-0.1, -0.05) is 13.8 Å². The Morgan fingerprint density at radius 1 is 1.33 bits per heavy atom. The maximum Gasteiger partial charge on any atom is 0.0693 e. The van der Waals surface area contributed by atoms with Gasteiger partial charge in [-0.3, -0.25) is 0 Å². The smallest absolute Gasteiger partial charge is 0.0693 e. The third-order valence-electron chi connectivity index (χ3n) is 3.41. The van der Waals surface area contributed by atoms with Crippen molar-refractivity contribution in [3.05, 3.63) is 0 Å². The van der Waals surface area contributed by atoms with Crippen LogP contribution in [0.2, 0.25) is 0 Å². The van der Waals surface area contributed by atoms with Gasteiger partial charge in [-0.05, 0) is 31.1 Å². The number of nitrogens with one attached hydrogen (secondary N) is 1. The molecule has 1 unspecified atom stereocenters. The average molecular weight is 169 g/mol. The lowest BCUT2D eigenvalue weighted by molar-refractivity contribution is 0.146. The van der Waals surface area contributed by atoms with Gasteiger partial charge in [-0.2, -0.15) is 0 Å². The van der Waals surface area contributed by atoms with Gasteiger partial charge in [-0.25, -0.2) is 0 Å². The first-order valence-corrected chi connectivity index (χ1v) is 5.04. The standard InChI is InChI=1S/C10H19NO/c1-10(2)6-9(10)11-7-4-3-5-8(7)12/h7-9,11-12H,3-6H2,1-2H3/t7-,8-,9?/m0/s1. The first kappa shape index (κ1) is 8.52. The topological polar surface area (TPSA) is 32.3 Å². The molecule has 2 heteroatoms. The van der Waals surface area contributed by atoms with Crippen LogP contribution in [0, 0.1) is 5.41 Å². The van der Waals surface area contributed by atoms with Gasteiger partial charge in [0.25, 0.3) is 0 Å². The van der Waals surface area contributed by atoms with Gasteiger partial charge in [-0.15, -0.1) is 0 Å². The molecule has 2 N–H and O–H groups in total. The summed E-state index contributed by atoms with van der Waals surface area (Å²) in [6, 6.07) is 1.05. The Hall–Kier alpha value is -0.0800. The number of rotatable bonds is 2. The van der Waals surface area contributed by atoms with Crippen LogP contribution in [0.25, 0.3) is 0 Å². The van der Waals surface area contributed by atoms with Crippen LogP contribution in [0.15, 0.2) is 0 Å². The van der Waals surface area contributed by atoms with E-state index < -0.39 is 0 Å². The molecule has 0 aliphatic heterocycles. The quantitative estimate of drug-likeness (QED) is 0.653. The molecule has 0 aromatic carbocycles. The zero-order valence-electron chi connectivity index (χ0n) is 8.01. The molecule has 0 radical (unpaired) electrons. The molecule has 12 heavy (non-hydrogen) atoms. The monoisotopic (exact) mass is 169 g/mol. The summed E-state index contributed by atoms with van der Waals surface area (Å²) in [7, 11) is 0. The SMILES string of the molecule is CC1(C)CC1N[C@H]1CCC[C@@H]1O. The second-order valence-corrected chi connectivity index (χ2v) is 5.02. The minimum Gasteiger partial charge on any atom is -0.392 e. The van der Waals surface area contributed by atoms with Crippen LogP contribution < -0.4 is 5.32 Å². The van der Waals surface area contributed by atoms with E-state index in [0.717, 1.165) is 12.8 Å². The summed E-state index contributed by atoms with van der Waals surface area (Å²) in [5.41, 5.74) is 0.488. The van der Waals surface area contributed by atoms with Crippen molar-refractivity contribution in [2.45, 2.75) is 57.7 Å². The molecule has 0 aromatic rings. The van der Waals surface area contributed by atoms with Crippen LogP contribution in [0.1, 0.15) is 39.5 Å². The number of hydrogen-bond donors (Lipinski definition) is 2. The molecule has 0 spiro atoms. The van der Waals surface area contributed by atoms with Gasteiger partial charge in [0.15, 0.2) is 0 Å². The Morgan fingerprint density at radius 2 is 2.00 bits per heavy atom. The molecule has 0 aromatic heterocycles. The van der Waals surface area contributed by atoms with Gasteiger partial charge in [0, 0.05) is 12.1 Å². The fourth-order valence-corrected chi connectivity index (χ4v) is 2.14. The molecule has 2 rings (SSSR count). The largest absolute Gasteiger partial charge is 0.392 e. The van der Waals surface area contributed by atoms with E-state index in [-0.39, 0.29) is 6.10 Å². The van der Waals surface area contributed by atoms with Gasteiger partial charge in [0.2, 0.25) is 0 Å². The summed E-state index contributed by atoms with van der Waals surface area (Å²) in [4.78, 5) is 0. The van der Waals surface area contributed by atoms with E-state index in [2.05, 4.69) is 19.2 Å². The van der Waals surface area contributed by atoms with Crippen molar-refractivity contribution >= 4 is 0 Å². The highest BCUT2D eigenvalue weighted by Gasteiger charge is 2.47. The Morgan fingerprint density at radius 3 is 2.42 bits per heavy atom. The van der Waals surface area contributed by atoms with E-state index in [9.17, 15) is 5.11 Å². The molecular formula is C10H19NO. The Labute approximate surface area is 74.4 Å². The maximum atomic E-state index is 9.57. The molecule has 2 aliphatic carbocycles. The molecule has 0 saturated heterocycles. The predicted octanol–water partition coefficient (Wildman–Crippen LogP) is 1.29. The summed E-state index contributed by atoms with van der Waals surface area (Å²) in [6.45, 7) is 4.57. The van der Waals surface area contributed by atoms with Crippen molar-refractivity contribution in [1.29, 1.82) is 0 Å². The Kier molecular flexibility index (Phi) is 1.92. The molecule has 2 nitrogen and oxygen atoms in total. The lowest BCUT2D eigenvalue weighted by atomic mass is 10.1. The van der Waals surface area contributed by atoms with Crippen molar-refractivity contribution in [2.24, 2.45) is 5.41 Å². The van der Waals surface area contributed by atoms with Crippen LogP contribution in [-0.4, -0.2) is 23.3 Å². The predicted molar refractivity (Wildman–Crippen MR) is 49.0 cm³/mol. The molecule has 0 amide bonds. The van der Waals surface area contributed by atoms with Crippen LogP contribution >= 0.6 is 0 Å². The second kappa shape index (κ2) is 2.71. The van der Waals surface area contributed by atoms with Gasteiger partial charge >= 0.3 is 0 Å². The lowest BCUT2D eigenvalue weighted by Gasteiger charge is -2.17. The Bertz CT molecular complexity index is 179. The average Bonchev–Trinajstić information content (AvgIpc) is 2.39. The molecule has 70 valence electrons. The highest BCUT2D eigenvalue weighted by Crippen LogP contribution is 2.45. The first-order valence-electron chi connectivity index (χ1n) is 5.04. The molecule has 0 bridgehead atoms. The van der Waals surface area contributed by atoms with E-state index in [0.29, 0.717) is 17.5 Å². The van der Waals surface area contributed by atoms with E-state index in [1.54, 1.807) is 0 Å². The molecule has 3 atom stereocenters. The fraction of sp³-hybridized carbons (Fsp3) is 1.00. The summed E-state index contributed by atoms with van der Waals surface area (Å²) >= 11 is 0. The molecular weight excluding hydrogens is 150 g/mol. The maximum absolute atomic E-state index is 9.57. The fourth-order valence-electron chi connectivity index (χ4n) is 2.14. The summed E-state index contributed by atoms with van der Waals surface area (Å²) in [5.74, 6) is 0. The number of aliphatic hydroxyl groups excluding tert-OH is 1. The first-order chi connectivity index (χ1) is 5.59. The van der Waals surface area contributed by atoms with Crippen molar-refractivity contribution in [3.63, 3.8) is 0 Å². The van der Waals surface area contributed by atoms with Crippen LogP contribution in [0.3, 0.4) is 0 Å². The van der Waals surface area contributed by atoms with Gasteiger partial charge in [0.1, 0.15) is 0 Å². The molecule has 0 heterocycles. The van der Waals surface area contributed by atoms with Crippen LogP contribution in [0.4, 0.5) is 0 Å². The van der Waals surface area contributed by atoms with E-state index in [1.165, 1.54) is 12.8 Å². The summed E-state index contributed by atoms with van der Waals surface area (Å²) in [6.07, 6.45) is 4.53. The normalized spacial score (nSPS) is 44.8. The summed E-state index contributed by atoms with van der Waals surface area (Å²) < 4.78 is 0. The second-order valence-electron chi connectivity index (χ2n) is 5.02. The number of hydrogen-bond acceptors (Lipinski definition) is 2. The number of aliphatic hydroxyl groups is 1. The zero-order valence-corrected chi connectivity index (χ0v) is 8.01. The molecule has 2 fully saturated rings. The third kappa shape index (κ3) is 1.50. The minimum absolute atomic E-state index is 0.0820. The van der Waals surface area contributed by atoms with E-state index >= 15 is 0 Å². The summed E-state index contributed by atoms with van der Waals surface area (Å²) in [5, 5.41) is 13.1. The van der Waals surface area contributed by atoms with Crippen molar-refractivity contribution in [3.8, 4) is 0 Å². The highest BCUT2D eigenvalue weighted by atomic mass is 16.3. The van der Waals surface area contributed by atoms with Gasteiger partial charge in [0.05, 0.1) is 6.10 Å². The van der Waals surface area contributed by atoms with Crippen molar-refractivity contribution in [1.82, 2.24) is 5.32 Å².